The average Bonchev–Trinajstić information content (AvgIpc) is 3.43. The van der Waals surface area contributed by atoms with Gasteiger partial charge in [-0.25, -0.2) is 4.98 Å². The van der Waals surface area contributed by atoms with Crippen molar-refractivity contribution in [1.29, 1.82) is 0 Å². The number of aryl methyl sites for hydroxylation is 1. The van der Waals surface area contributed by atoms with Gasteiger partial charge in [-0.05, 0) is 80.1 Å². The number of ketones is 1. The van der Waals surface area contributed by atoms with E-state index in [1.807, 2.05) is 72.8 Å². The number of aromatic nitrogens is 2. The summed E-state index contributed by atoms with van der Waals surface area (Å²) in [7, 11) is 0. The second-order valence-electron chi connectivity index (χ2n) is 8.94. The molecule has 0 fully saturated rings. The van der Waals surface area contributed by atoms with E-state index in [1.54, 1.807) is 29.8 Å². The Morgan fingerprint density at radius 1 is 1.00 bits per heavy atom. The predicted molar refractivity (Wildman–Crippen MR) is 150 cm³/mol. The number of thioether (sulfide) groups is 1. The number of pyridine rings is 1. The van der Waals surface area contributed by atoms with Gasteiger partial charge in [-0.3, -0.25) is 9.78 Å². The Morgan fingerprint density at radius 3 is 2.59 bits per heavy atom. The van der Waals surface area contributed by atoms with Crippen LogP contribution in [0.15, 0.2) is 106 Å². The molecule has 1 atom stereocenters. The molecule has 0 spiro atoms. The number of Topliss-reactive ketones (excluding diaryl/α,β-unsaturated/α-hetero) is 1. The molecule has 0 saturated heterocycles. The van der Waals surface area contributed by atoms with E-state index in [-0.39, 0.29) is 5.78 Å². The molecule has 0 aliphatic heterocycles. The Morgan fingerprint density at radius 2 is 1.78 bits per heavy atom. The van der Waals surface area contributed by atoms with E-state index in [4.69, 9.17) is 4.74 Å². The lowest BCUT2D eigenvalue weighted by Gasteiger charge is -2.22. The summed E-state index contributed by atoms with van der Waals surface area (Å²) < 4.78 is 7.68. The molecule has 1 aliphatic rings. The summed E-state index contributed by atoms with van der Waals surface area (Å²) in [5.74, 6) is 0.727. The molecule has 5 nitrogen and oxygen atoms in total. The van der Waals surface area contributed by atoms with Crippen LogP contribution in [0.5, 0.6) is 5.75 Å². The zero-order valence-corrected chi connectivity index (χ0v) is 22.0. The largest absolute Gasteiger partial charge is 0.494 e. The van der Waals surface area contributed by atoms with Gasteiger partial charge >= 0.3 is 0 Å². The van der Waals surface area contributed by atoms with Crippen molar-refractivity contribution in [3.05, 3.63) is 107 Å². The predicted octanol–water partition coefficient (Wildman–Crippen LogP) is 6.79. The second-order valence-corrected chi connectivity index (χ2v) is 11.3. The monoisotopic (exact) mass is 528 g/mol. The molecule has 4 aromatic rings. The lowest BCUT2D eigenvalue weighted by molar-refractivity contribution is -0.112. The fraction of sp³-hybridized carbons (Fsp3) is 0.233. The molecule has 2 aromatic carbocycles. The first-order chi connectivity index (χ1) is 18.1. The molecule has 5 rings (SSSR count). The highest BCUT2D eigenvalue weighted by molar-refractivity contribution is 8.05. The summed E-state index contributed by atoms with van der Waals surface area (Å²) in [5, 5.41) is 11.7. The maximum Gasteiger partial charge on any atom is 0.198 e. The van der Waals surface area contributed by atoms with Crippen molar-refractivity contribution in [2.45, 2.75) is 42.0 Å². The highest BCUT2D eigenvalue weighted by atomic mass is 32.2. The summed E-state index contributed by atoms with van der Waals surface area (Å²) in [5.41, 5.74) is 1.24. The Bertz CT molecular complexity index is 1380. The summed E-state index contributed by atoms with van der Waals surface area (Å²) in [6, 6.07) is 21.6. The van der Waals surface area contributed by atoms with Crippen molar-refractivity contribution >= 4 is 39.1 Å². The molecule has 1 N–H and O–H groups in total. The van der Waals surface area contributed by atoms with Crippen molar-refractivity contribution in [2.75, 3.05) is 6.61 Å². The summed E-state index contributed by atoms with van der Waals surface area (Å²) >= 11 is 2.91. The van der Waals surface area contributed by atoms with Crippen LogP contribution >= 0.6 is 23.1 Å². The number of carbonyl (C=O) groups excluding carboxylic acids is 1. The second kappa shape index (κ2) is 11.9. The number of unbranched alkanes of at least 4 members (excludes halogenated alkanes) is 1. The Kier molecular flexibility index (Phi) is 8.14. The number of benzene rings is 2. The van der Waals surface area contributed by atoms with Crippen LogP contribution in [-0.4, -0.2) is 33.1 Å². The van der Waals surface area contributed by atoms with E-state index in [1.165, 1.54) is 11.8 Å². The normalized spacial score (nSPS) is 18.5. The number of hydrogen-bond acceptors (Lipinski definition) is 7. The van der Waals surface area contributed by atoms with Crippen molar-refractivity contribution in [3.8, 4) is 5.75 Å². The van der Waals surface area contributed by atoms with Crippen LogP contribution in [0.25, 0.3) is 10.2 Å². The maximum absolute atomic E-state index is 13.5. The molecule has 0 bridgehead atoms. The standard InChI is InChI=1S/C30H28N2O3S2/c33-28-24(12-8-9-22-15-18-31-19-16-22)30(34,17-6-7-20-35-23-10-2-1-3-11-23)21-27(28)37-29-32-25-13-4-5-14-26(25)36-29/h1-5,10-16,18-19,21,34H,6-9,17,20H2/b24-12+. The summed E-state index contributed by atoms with van der Waals surface area (Å²) in [4.78, 5) is 22.8. The van der Waals surface area contributed by atoms with Gasteiger partial charge in [0, 0.05) is 18.0 Å². The number of fused-ring (bicyclic) bond motifs is 1. The van der Waals surface area contributed by atoms with E-state index in [9.17, 15) is 9.90 Å². The van der Waals surface area contributed by atoms with Crippen LogP contribution < -0.4 is 4.74 Å². The fourth-order valence-electron chi connectivity index (χ4n) is 4.37. The molecular formula is C30H28N2O3S2. The van der Waals surface area contributed by atoms with Gasteiger partial charge in [-0.1, -0.05) is 48.2 Å². The minimum atomic E-state index is -1.29. The first kappa shape index (κ1) is 25.4. The highest BCUT2D eigenvalue weighted by Gasteiger charge is 2.41. The SMILES string of the molecule is O=C1C(Sc2nc3ccccc3s2)=CC(O)(CCCCOc2ccccc2)/C1=C/CCc1ccncc1. The molecule has 0 amide bonds. The number of carbonyl (C=O) groups is 1. The van der Waals surface area contributed by atoms with E-state index in [0.29, 0.717) is 29.9 Å². The lowest BCUT2D eigenvalue weighted by Crippen LogP contribution is -2.28. The van der Waals surface area contributed by atoms with Crippen LogP contribution in [0.1, 0.15) is 31.2 Å². The third kappa shape index (κ3) is 6.36. The van der Waals surface area contributed by atoms with Crippen LogP contribution in [0.4, 0.5) is 0 Å². The molecule has 1 aliphatic carbocycles. The Labute approximate surface area is 224 Å². The molecule has 0 radical (unpaired) electrons. The molecule has 7 heteroatoms. The van der Waals surface area contributed by atoms with Gasteiger partial charge in [-0.2, -0.15) is 0 Å². The topological polar surface area (TPSA) is 72.3 Å². The zero-order chi connectivity index (χ0) is 25.5. The number of aliphatic hydroxyl groups is 1. The third-order valence-electron chi connectivity index (χ3n) is 6.27. The lowest BCUT2D eigenvalue weighted by atomic mass is 9.89. The smallest absolute Gasteiger partial charge is 0.198 e. The van der Waals surface area contributed by atoms with E-state index in [2.05, 4.69) is 9.97 Å². The van der Waals surface area contributed by atoms with Crippen molar-refractivity contribution in [2.24, 2.45) is 0 Å². The number of para-hydroxylation sites is 2. The van der Waals surface area contributed by atoms with Crippen LogP contribution in [0.3, 0.4) is 0 Å². The van der Waals surface area contributed by atoms with Crippen LogP contribution in [0.2, 0.25) is 0 Å². The Balaban J connectivity index is 1.28. The number of nitrogens with zero attached hydrogens (tertiary/aromatic N) is 2. The maximum atomic E-state index is 13.5. The highest BCUT2D eigenvalue weighted by Crippen LogP contribution is 2.43. The first-order valence-electron chi connectivity index (χ1n) is 12.4. The molecule has 0 saturated carbocycles. The van der Waals surface area contributed by atoms with Gasteiger partial charge < -0.3 is 9.84 Å². The third-order valence-corrected chi connectivity index (χ3v) is 8.39. The zero-order valence-electron chi connectivity index (χ0n) is 20.4. The molecule has 2 heterocycles. The summed E-state index contributed by atoms with van der Waals surface area (Å²) in [6.07, 6.45) is 10.6. The fourth-order valence-corrected chi connectivity index (χ4v) is 6.56. The molecule has 37 heavy (non-hydrogen) atoms. The quantitative estimate of drug-likeness (QED) is 0.171. The molecular weight excluding hydrogens is 500 g/mol. The van der Waals surface area contributed by atoms with Gasteiger partial charge in [0.1, 0.15) is 11.4 Å². The van der Waals surface area contributed by atoms with E-state index < -0.39 is 5.60 Å². The van der Waals surface area contributed by atoms with Gasteiger partial charge in [-0.15, -0.1) is 11.3 Å². The number of hydrogen-bond donors (Lipinski definition) is 1. The van der Waals surface area contributed by atoms with Gasteiger partial charge in [0.15, 0.2) is 10.1 Å². The van der Waals surface area contributed by atoms with Crippen molar-refractivity contribution in [1.82, 2.24) is 9.97 Å². The summed E-state index contributed by atoms with van der Waals surface area (Å²) in [6.45, 7) is 0.562. The van der Waals surface area contributed by atoms with Gasteiger partial charge in [0.25, 0.3) is 0 Å². The number of thiazole rings is 1. The van der Waals surface area contributed by atoms with Crippen molar-refractivity contribution < 1.29 is 14.6 Å². The average molecular weight is 529 g/mol. The van der Waals surface area contributed by atoms with E-state index >= 15 is 0 Å². The Hall–Kier alpha value is -3.26. The first-order valence-corrected chi connectivity index (χ1v) is 14.0. The molecule has 188 valence electrons. The minimum absolute atomic E-state index is 0.109. The van der Waals surface area contributed by atoms with Crippen LogP contribution in [0, 0.1) is 0 Å². The van der Waals surface area contributed by atoms with Gasteiger partial charge in [0.05, 0.1) is 21.7 Å². The molecule has 2 aromatic heterocycles. The van der Waals surface area contributed by atoms with E-state index in [0.717, 1.165) is 45.1 Å². The number of rotatable bonds is 11. The van der Waals surface area contributed by atoms with Gasteiger partial charge in [0.2, 0.25) is 0 Å². The number of allylic oxidation sites excluding steroid dienone is 2. The van der Waals surface area contributed by atoms with Crippen LogP contribution in [-0.2, 0) is 11.2 Å². The van der Waals surface area contributed by atoms with Crippen molar-refractivity contribution in [3.63, 3.8) is 0 Å². The number of ether oxygens (including phenoxy) is 1. The molecule has 1 unspecified atom stereocenters. The minimum Gasteiger partial charge on any atom is -0.494 e.